The van der Waals surface area contributed by atoms with Crippen LogP contribution in [-0.2, 0) is 22.4 Å². The SMILES string of the molecule is CC(=O)Oc1ccc(N(C)C)c2c1C(=O)C1=C(O)c3c(cc(O)c(C(C)=O)c3OC(C)=O)C[C@@H]1C2. The summed E-state index contributed by atoms with van der Waals surface area (Å²) in [5, 5.41) is 21.9. The van der Waals surface area contributed by atoms with Crippen molar-refractivity contribution in [1.82, 2.24) is 0 Å². The molecule has 2 aromatic carbocycles. The molecule has 2 aliphatic rings. The van der Waals surface area contributed by atoms with Gasteiger partial charge < -0.3 is 24.6 Å². The fraction of sp³-hybridized carbons (Fsp3) is 0.308. The van der Waals surface area contributed by atoms with E-state index in [0.717, 1.165) is 12.6 Å². The number of ketones is 2. The van der Waals surface area contributed by atoms with Gasteiger partial charge in [-0.15, -0.1) is 0 Å². The molecule has 2 N–H and O–H groups in total. The fourth-order valence-electron chi connectivity index (χ4n) is 4.98. The minimum atomic E-state index is -0.756. The summed E-state index contributed by atoms with van der Waals surface area (Å²) in [4.78, 5) is 51.4. The predicted octanol–water partition coefficient (Wildman–Crippen LogP) is 3.39. The van der Waals surface area contributed by atoms with Crippen LogP contribution in [0.1, 0.15) is 58.2 Å². The number of fused-ring (bicyclic) bond motifs is 3. The van der Waals surface area contributed by atoms with Crippen LogP contribution in [-0.4, -0.2) is 47.8 Å². The molecular weight excluding hydrogens is 454 g/mol. The molecule has 35 heavy (non-hydrogen) atoms. The van der Waals surface area contributed by atoms with Crippen LogP contribution in [0.15, 0.2) is 23.8 Å². The van der Waals surface area contributed by atoms with Gasteiger partial charge in [-0.2, -0.15) is 0 Å². The Balaban J connectivity index is 2.01. The first kappa shape index (κ1) is 24.0. The van der Waals surface area contributed by atoms with Crippen molar-refractivity contribution in [1.29, 1.82) is 0 Å². The van der Waals surface area contributed by atoms with Gasteiger partial charge in [0.1, 0.15) is 22.8 Å². The van der Waals surface area contributed by atoms with Crippen LogP contribution in [0, 0.1) is 5.92 Å². The smallest absolute Gasteiger partial charge is 0.308 e. The van der Waals surface area contributed by atoms with E-state index in [1.165, 1.54) is 19.9 Å². The minimum Gasteiger partial charge on any atom is -0.507 e. The Labute approximate surface area is 201 Å². The molecule has 2 aromatic rings. The summed E-state index contributed by atoms with van der Waals surface area (Å²) in [6.07, 6.45) is 0.589. The molecule has 0 heterocycles. The predicted molar refractivity (Wildman–Crippen MR) is 126 cm³/mol. The Kier molecular flexibility index (Phi) is 5.88. The molecule has 0 unspecified atom stereocenters. The van der Waals surface area contributed by atoms with Crippen LogP contribution in [0.5, 0.6) is 17.2 Å². The molecule has 4 rings (SSSR count). The van der Waals surface area contributed by atoms with Crippen LogP contribution < -0.4 is 14.4 Å². The van der Waals surface area contributed by atoms with Crippen molar-refractivity contribution in [2.45, 2.75) is 33.6 Å². The summed E-state index contributed by atoms with van der Waals surface area (Å²) in [6.45, 7) is 3.56. The molecule has 0 saturated carbocycles. The van der Waals surface area contributed by atoms with E-state index in [9.17, 15) is 29.4 Å². The lowest BCUT2D eigenvalue weighted by molar-refractivity contribution is -0.132. The standard InChI is InChI=1S/C26H25NO8/c1-11(28)20-18(31)10-15-8-14-9-16-17(27(4)5)6-7-19(34-12(2)29)23(16)25(33)21(14)24(32)22(15)26(20)35-13(3)30/h6-7,10,14,31-32H,8-9H2,1-5H3/t14-/m1/s1. The molecule has 182 valence electrons. The van der Waals surface area contributed by atoms with Gasteiger partial charge in [0.25, 0.3) is 0 Å². The van der Waals surface area contributed by atoms with Crippen molar-refractivity contribution in [3.05, 3.63) is 51.6 Å². The number of Topliss-reactive ketones (excluding diaryl/α,β-unsaturated/α-hetero) is 2. The third kappa shape index (κ3) is 3.92. The number of aromatic hydroxyl groups is 1. The van der Waals surface area contributed by atoms with Gasteiger partial charge in [-0.1, -0.05) is 0 Å². The second-order valence-corrected chi connectivity index (χ2v) is 8.90. The normalized spacial score (nSPS) is 16.1. The van der Waals surface area contributed by atoms with Crippen molar-refractivity contribution in [2.75, 3.05) is 19.0 Å². The number of hydrogen-bond acceptors (Lipinski definition) is 9. The van der Waals surface area contributed by atoms with E-state index in [2.05, 4.69) is 0 Å². The lowest BCUT2D eigenvalue weighted by Crippen LogP contribution is -2.32. The van der Waals surface area contributed by atoms with Crippen molar-refractivity contribution in [2.24, 2.45) is 5.92 Å². The average Bonchev–Trinajstić information content (AvgIpc) is 2.71. The number of esters is 2. The molecule has 0 radical (unpaired) electrons. The molecule has 9 heteroatoms. The number of carbonyl (C=O) groups is 4. The number of ether oxygens (including phenoxy) is 2. The van der Waals surface area contributed by atoms with Crippen LogP contribution in [0.3, 0.4) is 0 Å². The Hall–Kier alpha value is -4.14. The molecule has 1 atom stereocenters. The number of benzene rings is 2. The van der Waals surface area contributed by atoms with Gasteiger partial charge in [-0.25, -0.2) is 0 Å². The number of phenols is 1. The summed E-state index contributed by atoms with van der Waals surface area (Å²) in [7, 11) is 3.66. The largest absolute Gasteiger partial charge is 0.507 e. The number of aliphatic hydroxyl groups is 1. The van der Waals surface area contributed by atoms with Gasteiger partial charge in [0, 0.05) is 39.2 Å². The maximum absolute atomic E-state index is 13.8. The van der Waals surface area contributed by atoms with Gasteiger partial charge in [0.2, 0.25) is 0 Å². The Morgan fingerprint density at radius 3 is 2.20 bits per heavy atom. The molecule has 0 aliphatic heterocycles. The zero-order valence-corrected chi connectivity index (χ0v) is 20.0. The molecule has 0 fully saturated rings. The van der Waals surface area contributed by atoms with Crippen LogP contribution in [0.2, 0.25) is 0 Å². The number of allylic oxidation sites excluding steroid dienone is 1. The Morgan fingerprint density at radius 2 is 1.63 bits per heavy atom. The van der Waals surface area contributed by atoms with Crippen molar-refractivity contribution in [3.8, 4) is 17.2 Å². The zero-order valence-electron chi connectivity index (χ0n) is 20.0. The van der Waals surface area contributed by atoms with Gasteiger partial charge in [0.15, 0.2) is 17.3 Å². The van der Waals surface area contributed by atoms with Crippen molar-refractivity contribution in [3.63, 3.8) is 0 Å². The monoisotopic (exact) mass is 479 g/mol. The number of carbonyl (C=O) groups excluding carboxylic acids is 4. The molecule has 0 saturated heterocycles. The van der Waals surface area contributed by atoms with Gasteiger partial charge in [-0.3, -0.25) is 19.2 Å². The molecule has 9 nitrogen and oxygen atoms in total. The van der Waals surface area contributed by atoms with E-state index >= 15 is 0 Å². The van der Waals surface area contributed by atoms with E-state index < -0.39 is 35.2 Å². The van der Waals surface area contributed by atoms with Crippen molar-refractivity contribution < 1.29 is 38.9 Å². The average molecular weight is 479 g/mol. The van der Waals surface area contributed by atoms with Crippen LogP contribution in [0.4, 0.5) is 5.69 Å². The quantitative estimate of drug-likeness (QED) is 0.385. The highest BCUT2D eigenvalue weighted by Crippen LogP contribution is 2.49. The number of anilines is 1. The number of phenolic OH excluding ortho intramolecular Hbond substituents is 1. The first-order valence-electron chi connectivity index (χ1n) is 11.0. The van der Waals surface area contributed by atoms with E-state index in [1.807, 2.05) is 19.0 Å². The highest BCUT2D eigenvalue weighted by atomic mass is 16.5. The molecule has 0 amide bonds. The van der Waals surface area contributed by atoms with Crippen LogP contribution >= 0.6 is 0 Å². The zero-order chi connectivity index (χ0) is 25.8. The summed E-state index contributed by atoms with van der Waals surface area (Å²) >= 11 is 0. The van der Waals surface area contributed by atoms with Gasteiger partial charge >= 0.3 is 11.9 Å². The summed E-state index contributed by atoms with van der Waals surface area (Å²) in [5.41, 5.74) is 1.88. The third-order valence-corrected chi connectivity index (χ3v) is 6.21. The second-order valence-electron chi connectivity index (χ2n) is 8.90. The van der Waals surface area contributed by atoms with Gasteiger partial charge in [-0.05, 0) is 55.0 Å². The molecule has 0 bridgehead atoms. The lowest BCUT2D eigenvalue weighted by Gasteiger charge is -2.35. The minimum absolute atomic E-state index is 0.0176. The number of hydrogen-bond donors (Lipinski definition) is 2. The summed E-state index contributed by atoms with van der Waals surface area (Å²) in [5.74, 6) is -3.92. The number of aliphatic hydroxyl groups excluding tert-OH is 1. The van der Waals surface area contributed by atoms with E-state index in [4.69, 9.17) is 9.47 Å². The Morgan fingerprint density at radius 1 is 0.971 bits per heavy atom. The second kappa shape index (κ2) is 8.57. The molecule has 0 spiro atoms. The first-order chi connectivity index (χ1) is 16.4. The topological polar surface area (TPSA) is 130 Å². The van der Waals surface area contributed by atoms with E-state index in [1.54, 1.807) is 12.1 Å². The summed E-state index contributed by atoms with van der Waals surface area (Å²) in [6, 6.07) is 4.66. The third-order valence-electron chi connectivity index (χ3n) is 6.21. The Bertz CT molecular complexity index is 1350. The number of rotatable bonds is 4. The maximum Gasteiger partial charge on any atom is 0.308 e. The molecule has 2 aliphatic carbocycles. The van der Waals surface area contributed by atoms with E-state index in [0.29, 0.717) is 17.5 Å². The molecule has 0 aromatic heterocycles. The van der Waals surface area contributed by atoms with Crippen molar-refractivity contribution >= 4 is 35.0 Å². The van der Waals surface area contributed by atoms with Crippen LogP contribution in [0.25, 0.3) is 5.76 Å². The first-order valence-corrected chi connectivity index (χ1v) is 11.0. The number of nitrogens with zero attached hydrogens (tertiary/aromatic N) is 1. The lowest BCUT2D eigenvalue weighted by atomic mass is 9.70. The summed E-state index contributed by atoms with van der Waals surface area (Å²) < 4.78 is 10.6. The highest BCUT2D eigenvalue weighted by Gasteiger charge is 2.42. The highest BCUT2D eigenvalue weighted by molar-refractivity contribution is 6.18. The fourth-order valence-corrected chi connectivity index (χ4v) is 4.98. The van der Waals surface area contributed by atoms with Gasteiger partial charge in [0.05, 0.1) is 11.1 Å². The molecular formula is C26H25NO8. The van der Waals surface area contributed by atoms with E-state index in [-0.39, 0.29) is 45.9 Å². The maximum atomic E-state index is 13.8.